The highest BCUT2D eigenvalue weighted by molar-refractivity contribution is 5.65. The zero-order chi connectivity index (χ0) is 13.1. The summed E-state index contributed by atoms with van der Waals surface area (Å²) in [6.45, 7) is 2.15. The second-order valence-electron chi connectivity index (χ2n) is 5.14. The Balaban J connectivity index is 1.84. The van der Waals surface area contributed by atoms with Gasteiger partial charge in [0.1, 0.15) is 5.82 Å². The van der Waals surface area contributed by atoms with Gasteiger partial charge in [-0.05, 0) is 44.3 Å². The Morgan fingerprint density at radius 1 is 1.16 bits per heavy atom. The average Bonchev–Trinajstić information content (AvgIpc) is 2.88. The van der Waals surface area contributed by atoms with Crippen LogP contribution in [-0.4, -0.2) is 23.3 Å². The summed E-state index contributed by atoms with van der Waals surface area (Å²) in [6.07, 6.45) is 5.03. The minimum Gasteiger partial charge on any atom is -0.317 e. The number of nitrogens with zero attached hydrogens (tertiary/aromatic N) is 1. The fourth-order valence-corrected chi connectivity index (χ4v) is 2.75. The number of aromatic nitrogens is 2. The highest BCUT2D eigenvalue weighted by atomic mass is 19.1. The average molecular weight is 259 g/mol. The number of hydrogen-bond donors (Lipinski definition) is 2. The van der Waals surface area contributed by atoms with E-state index in [-0.39, 0.29) is 5.82 Å². The highest BCUT2D eigenvalue weighted by Crippen LogP contribution is 2.28. The van der Waals surface area contributed by atoms with Gasteiger partial charge in [0.05, 0.1) is 6.20 Å². The maximum Gasteiger partial charge on any atom is 0.131 e. The molecular weight excluding hydrogens is 241 g/mol. The summed E-state index contributed by atoms with van der Waals surface area (Å²) in [7, 11) is 0. The fourth-order valence-electron chi connectivity index (χ4n) is 2.75. The van der Waals surface area contributed by atoms with Gasteiger partial charge >= 0.3 is 0 Å². The van der Waals surface area contributed by atoms with Crippen LogP contribution in [0.1, 0.15) is 18.5 Å². The molecule has 1 saturated heterocycles. The first kappa shape index (κ1) is 12.4. The van der Waals surface area contributed by atoms with Crippen LogP contribution in [0.2, 0.25) is 0 Å². The van der Waals surface area contributed by atoms with Crippen molar-refractivity contribution in [2.45, 2.75) is 19.3 Å². The molecule has 2 aromatic rings. The number of halogens is 1. The lowest BCUT2D eigenvalue weighted by molar-refractivity contribution is 0.370. The Bertz CT molecular complexity index is 544. The number of nitrogens with one attached hydrogen (secondary N) is 2. The molecule has 3 rings (SSSR count). The van der Waals surface area contributed by atoms with Gasteiger partial charge in [-0.3, -0.25) is 5.10 Å². The molecule has 0 bridgehead atoms. The summed E-state index contributed by atoms with van der Waals surface area (Å²) in [4.78, 5) is 0. The summed E-state index contributed by atoms with van der Waals surface area (Å²) in [5.74, 6) is 0.475. The number of rotatable bonds is 3. The molecule has 0 saturated carbocycles. The molecule has 0 spiro atoms. The van der Waals surface area contributed by atoms with Crippen LogP contribution in [0, 0.1) is 11.7 Å². The molecule has 100 valence electrons. The Morgan fingerprint density at radius 2 is 1.95 bits per heavy atom. The zero-order valence-corrected chi connectivity index (χ0v) is 10.8. The first-order valence-corrected chi connectivity index (χ1v) is 6.82. The van der Waals surface area contributed by atoms with Gasteiger partial charge in [-0.15, -0.1) is 0 Å². The second-order valence-corrected chi connectivity index (χ2v) is 5.14. The van der Waals surface area contributed by atoms with Crippen LogP contribution >= 0.6 is 0 Å². The lowest BCUT2D eigenvalue weighted by Gasteiger charge is -2.22. The van der Waals surface area contributed by atoms with Crippen LogP contribution in [0.15, 0.2) is 30.5 Å². The zero-order valence-electron chi connectivity index (χ0n) is 10.8. The predicted molar refractivity (Wildman–Crippen MR) is 73.3 cm³/mol. The van der Waals surface area contributed by atoms with Crippen molar-refractivity contribution >= 4 is 0 Å². The van der Waals surface area contributed by atoms with Gasteiger partial charge in [-0.2, -0.15) is 5.10 Å². The number of hydrogen-bond acceptors (Lipinski definition) is 2. The van der Waals surface area contributed by atoms with Crippen LogP contribution in [-0.2, 0) is 6.42 Å². The van der Waals surface area contributed by atoms with E-state index in [1.807, 2.05) is 12.1 Å². The summed E-state index contributed by atoms with van der Waals surface area (Å²) in [5, 5.41) is 10.5. The molecular formula is C15H18FN3. The predicted octanol–water partition coefficient (Wildman–Crippen LogP) is 2.76. The van der Waals surface area contributed by atoms with Gasteiger partial charge in [0, 0.05) is 16.8 Å². The number of aromatic amines is 1. The largest absolute Gasteiger partial charge is 0.317 e. The second kappa shape index (κ2) is 5.53. The van der Waals surface area contributed by atoms with Crippen LogP contribution in [0.4, 0.5) is 4.39 Å². The van der Waals surface area contributed by atoms with Crippen LogP contribution in [0.5, 0.6) is 0 Å². The summed E-state index contributed by atoms with van der Waals surface area (Å²) in [6, 6.07) is 6.88. The van der Waals surface area contributed by atoms with Gasteiger partial charge in [0.25, 0.3) is 0 Å². The third kappa shape index (κ3) is 2.68. The Hall–Kier alpha value is -1.68. The smallest absolute Gasteiger partial charge is 0.131 e. The molecule has 0 atom stereocenters. The van der Waals surface area contributed by atoms with Crippen LogP contribution < -0.4 is 5.32 Å². The van der Waals surface area contributed by atoms with Gasteiger partial charge in [-0.25, -0.2) is 4.39 Å². The molecule has 1 aliphatic rings. The molecule has 0 aliphatic carbocycles. The standard InChI is InChI=1S/C15H18FN3/c16-14-4-2-1-3-12(14)13-10-18-19-15(13)9-11-5-7-17-8-6-11/h1-4,10-11,17H,5-9H2,(H,18,19). The molecule has 19 heavy (non-hydrogen) atoms. The molecule has 0 amide bonds. The Morgan fingerprint density at radius 3 is 2.74 bits per heavy atom. The SMILES string of the molecule is Fc1ccccc1-c1cn[nH]c1CC1CCNCC1. The first-order valence-electron chi connectivity index (χ1n) is 6.82. The van der Waals surface area contributed by atoms with E-state index in [4.69, 9.17) is 0 Å². The molecule has 4 heteroatoms. The van der Waals surface area contributed by atoms with Crippen molar-refractivity contribution in [3.05, 3.63) is 42.0 Å². The maximum atomic E-state index is 13.9. The molecule has 2 heterocycles. The third-order valence-electron chi connectivity index (χ3n) is 3.83. The molecule has 1 aromatic heterocycles. The first-order chi connectivity index (χ1) is 9.34. The molecule has 3 nitrogen and oxygen atoms in total. The lowest BCUT2D eigenvalue weighted by atomic mass is 9.91. The Labute approximate surface area is 112 Å². The molecule has 1 aromatic carbocycles. The van der Waals surface area contributed by atoms with Gasteiger partial charge < -0.3 is 5.32 Å². The van der Waals surface area contributed by atoms with Crippen molar-refractivity contribution in [3.8, 4) is 11.1 Å². The van der Waals surface area contributed by atoms with Crippen molar-refractivity contribution < 1.29 is 4.39 Å². The van der Waals surface area contributed by atoms with Crippen molar-refractivity contribution in [2.24, 2.45) is 5.92 Å². The van der Waals surface area contributed by atoms with E-state index in [1.54, 1.807) is 12.3 Å². The van der Waals surface area contributed by atoms with E-state index in [1.165, 1.54) is 18.9 Å². The number of H-pyrrole nitrogens is 1. The monoisotopic (exact) mass is 259 g/mol. The molecule has 2 N–H and O–H groups in total. The van der Waals surface area contributed by atoms with E-state index in [9.17, 15) is 4.39 Å². The minimum absolute atomic E-state index is 0.185. The van der Waals surface area contributed by atoms with E-state index < -0.39 is 0 Å². The highest BCUT2D eigenvalue weighted by Gasteiger charge is 2.18. The summed E-state index contributed by atoms with van der Waals surface area (Å²) < 4.78 is 13.9. The van der Waals surface area contributed by atoms with Crippen molar-refractivity contribution in [3.63, 3.8) is 0 Å². The summed E-state index contributed by atoms with van der Waals surface area (Å²) >= 11 is 0. The fraction of sp³-hybridized carbons (Fsp3) is 0.400. The topological polar surface area (TPSA) is 40.7 Å². The molecule has 0 unspecified atom stereocenters. The van der Waals surface area contributed by atoms with Crippen molar-refractivity contribution in [2.75, 3.05) is 13.1 Å². The number of benzene rings is 1. The van der Waals surface area contributed by atoms with Crippen molar-refractivity contribution in [1.29, 1.82) is 0 Å². The quantitative estimate of drug-likeness (QED) is 0.890. The minimum atomic E-state index is -0.185. The number of piperidine rings is 1. The van der Waals surface area contributed by atoms with Crippen LogP contribution in [0.3, 0.4) is 0 Å². The van der Waals surface area contributed by atoms with Crippen LogP contribution in [0.25, 0.3) is 11.1 Å². The Kier molecular flexibility index (Phi) is 3.60. The normalized spacial score (nSPS) is 16.7. The van der Waals surface area contributed by atoms with E-state index in [0.717, 1.165) is 30.8 Å². The third-order valence-corrected chi connectivity index (χ3v) is 3.83. The molecule has 1 fully saturated rings. The van der Waals surface area contributed by atoms with E-state index in [2.05, 4.69) is 15.5 Å². The lowest BCUT2D eigenvalue weighted by Crippen LogP contribution is -2.28. The molecule has 0 radical (unpaired) electrons. The van der Waals surface area contributed by atoms with Gasteiger partial charge in [0.15, 0.2) is 0 Å². The van der Waals surface area contributed by atoms with Gasteiger partial charge in [0.2, 0.25) is 0 Å². The maximum absolute atomic E-state index is 13.9. The van der Waals surface area contributed by atoms with Gasteiger partial charge in [-0.1, -0.05) is 18.2 Å². The molecule has 1 aliphatic heterocycles. The van der Waals surface area contributed by atoms with E-state index in [0.29, 0.717) is 11.5 Å². The summed E-state index contributed by atoms with van der Waals surface area (Å²) in [5.41, 5.74) is 2.59. The van der Waals surface area contributed by atoms with Crippen molar-refractivity contribution in [1.82, 2.24) is 15.5 Å². The van der Waals surface area contributed by atoms with E-state index >= 15 is 0 Å².